The van der Waals surface area contributed by atoms with Crippen LogP contribution < -0.4 is 5.32 Å². The van der Waals surface area contributed by atoms with Crippen LogP contribution in [0.4, 0.5) is 20.2 Å². The second kappa shape index (κ2) is 5.96. The third kappa shape index (κ3) is 3.11. The van der Waals surface area contributed by atoms with E-state index in [0.717, 1.165) is 6.07 Å². The molecule has 104 valence electrons. The molecular formula is C13H9BrF2N2O2. The highest BCUT2D eigenvalue weighted by atomic mass is 79.9. The van der Waals surface area contributed by atoms with Crippen molar-refractivity contribution in [3.63, 3.8) is 0 Å². The normalized spacial score (nSPS) is 10.3. The van der Waals surface area contributed by atoms with E-state index in [1.54, 1.807) is 0 Å². The first-order valence-electron chi connectivity index (χ1n) is 5.59. The third-order valence-electron chi connectivity index (χ3n) is 2.66. The molecule has 0 unspecified atom stereocenters. The molecule has 0 aliphatic carbocycles. The Labute approximate surface area is 121 Å². The fraction of sp³-hybridized carbons (Fsp3) is 0.0769. The van der Waals surface area contributed by atoms with Crippen LogP contribution in [0.5, 0.6) is 0 Å². The van der Waals surface area contributed by atoms with Crippen molar-refractivity contribution in [3.8, 4) is 0 Å². The largest absolute Gasteiger partial charge is 0.373 e. The summed E-state index contributed by atoms with van der Waals surface area (Å²) in [6, 6.07) is 7.66. The zero-order valence-electron chi connectivity index (χ0n) is 10.1. The lowest BCUT2D eigenvalue weighted by atomic mass is 10.2. The minimum Gasteiger partial charge on any atom is -0.373 e. The minimum atomic E-state index is -0.711. The number of nitro groups is 1. The molecule has 7 heteroatoms. The van der Waals surface area contributed by atoms with Crippen molar-refractivity contribution in [3.05, 3.63) is 68.2 Å². The lowest BCUT2D eigenvalue weighted by Gasteiger charge is -2.09. The molecule has 0 heterocycles. The van der Waals surface area contributed by atoms with E-state index < -0.39 is 16.6 Å². The lowest BCUT2D eigenvalue weighted by molar-refractivity contribution is -0.384. The second-order valence-electron chi connectivity index (χ2n) is 3.98. The number of para-hydroxylation sites is 1. The van der Waals surface area contributed by atoms with Gasteiger partial charge in [0.1, 0.15) is 11.5 Å². The smallest absolute Gasteiger partial charge is 0.295 e. The van der Waals surface area contributed by atoms with E-state index in [4.69, 9.17) is 0 Å². The molecule has 0 atom stereocenters. The Morgan fingerprint density at radius 2 is 2.00 bits per heavy atom. The molecule has 0 aromatic heterocycles. The van der Waals surface area contributed by atoms with Gasteiger partial charge >= 0.3 is 0 Å². The number of rotatable bonds is 4. The summed E-state index contributed by atoms with van der Waals surface area (Å²) in [6.07, 6.45) is 0. The molecule has 0 radical (unpaired) electrons. The Hall–Kier alpha value is -2.02. The molecule has 2 aromatic rings. The van der Waals surface area contributed by atoms with Crippen LogP contribution >= 0.6 is 15.9 Å². The average molecular weight is 343 g/mol. The summed E-state index contributed by atoms with van der Waals surface area (Å²) in [6.45, 7) is 0.128. The Morgan fingerprint density at radius 3 is 2.65 bits per heavy atom. The van der Waals surface area contributed by atoms with Gasteiger partial charge in [0, 0.05) is 17.1 Å². The standard InChI is InChI=1S/C13H9BrF2N2O2/c14-10-6-9(15)5-4-8(10)7-17-13-11(16)2-1-3-12(13)18(19)20/h1-6,17H,7H2. The van der Waals surface area contributed by atoms with Gasteiger partial charge in [-0.15, -0.1) is 0 Å². The predicted octanol–water partition coefficient (Wildman–Crippen LogP) is 4.25. The van der Waals surface area contributed by atoms with Crippen LogP contribution in [0.1, 0.15) is 5.56 Å². The third-order valence-corrected chi connectivity index (χ3v) is 3.40. The molecule has 1 N–H and O–H groups in total. The molecule has 0 aliphatic heterocycles. The van der Waals surface area contributed by atoms with Crippen molar-refractivity contribution >= 4 is 27.3 Å². The van der Waals surface area contributed by atoms with Crippen molar-refractivity contribution in [1.29, 1.82) is 0 Å². The monoisotopic (exact) mass is 342 g/mol. The Balaban J connectivity index is 2.25. The van der Waals surface area contributed by atoms with Crippen molar-refractivity contribution < 1.29 is 13.7 Å². The first kappa shape index (κ1) is 14.4. The summed E-state index contributed by atoms with van der Waals surface area (Å²) in [5, 5.41) is 13.5. The number of anilines is 1. The van der Waals surface area contributed by atoms with Crippen LogP contribution in [0.15, 0.2) is 40.9 Å². The minimum absolute atomic E-state index is 0.128. The molecule has 4 nitrogen and oxygen atoms in total. The fourth-order valence-electron chi connectivity index (χ4n) is 1.69. The van der Waals surface area contributed by atoms with Crippen molar-refractivity contribution in [2.45, 2.75) is 6.54 Å². The second-order valence-corrected chi connectivity index (χ2v) is 4.83. The topological polar surface area (TPSA) is 55.2 Å². The van der Waals surface area contributed by atoms with Gasteiger partial charge in [-0.1, -0.05) is 28.1 Å². The molecule has 0 bridgehead atoms. The number of halogens is 3. The molecular weight excluding hydrogens is 334 g/mol. The SMILES string of the molecule is O=[N+]([O-])c1cccc(F)c1NCc1ccc(F)cc1Br. The summed E-state index contributed by atoms with van der Waals surface area (Å²) < 4.78 is 27.1. The summed E-state index contributed by atoms with van der Waals surface area (Å²) in [4.78, 5) is 10.2. The van der Waals surface area contributed by atoms with Crippen molar-refractivity contribution in [2.24, 2.45) is 0 Å². The number of hydrogen-bond acceptors (Lipinski definition) is 3. The molecule has 0 fully saturated rings. The van der Waals surface area contributed by atoms with Crippen LogP contribution in [-0.4, -0.2) is 4.92 Å². The van der Waals surface area contributed by atoms with Gasteiger partial charge in [-0.3, -0.25) is 10.1 Å². The van der Waals surface area contributed by atoms with Crippen LogP contribution in [0.2, 0.25) is 0 Å². The van der Waals surface area contributed by atoms with Gasteiger partial charge in [0.05, 0.1) is 4.92 Å². The molecule has 0 amide bonds. The number of nitrogens with one attached hydrogen (secondary N) is 1. The van der Waals surface area contributed by atoms with Gasteiger partial charge in [0.15, 0.2) is 5.82 Å². The molecule has 2 aromatic carbocycles. The highest BCUT2D eigenvalue weighted by Crippen LogP contribution is 2.28. The molecule has 0 spiro atoms. The maximum Gasteiger partial charge on any atom is 0.295 e. The van der Waals surface area contributed by atoms with E-state index in [-0.39, 0.29) is 17.9 Å². The van der Waals surface area contributed by atoms with Crippen molar-refractivity contribution in [2.75, 3.05) is 5.32 Å². The highest BCUT2D eigenvalue weighted by molar-refractivity contribution is 9.10. The number of nitrogens with zero attached hydrogens (tertiary/aromatic N) is 1. The summed E-state index contributed by atoms with van der Waals surface area (Å²) in [5.74, 6) is -1.12. The Morgan fingerprint density at radius 1 is 1.25 bits per heavy atom. The summed E-state index contributed by atoms with van der Waals surface area (Å²) in [5.41, 5.74) is 0.126. The van der Waals surface area contributed by atoms with Crippen LogP contribution in [-0.2, 0) is 6.54 Å². The number of nitro benzene ring substituents is 1. The van der Waals surface area contributed by atoms with E-state index in [2.05, 4.69) is 21.2 Å². The van der Waals surface area contributed by atoms with Crippen LogP contribution in [0.25, 0.3) is 0 Å². The highest BCUT2D eigenvalue weighted by Gasteiger charge is 2.17. The number of hydrogen-bond donors (Lipinski definition) is 1. The quantitative estimate of drug-likeness (QED) is 0.667. The zero-order valence-corrected chi connectivity index (χ0v) is 11.7. The average Bonchev–Trinajstić information content (AvgIpc) is 2.38. The fourth-order valence-corrected chi connectivity index (χ4v) is 2.18. The first-order valence-corrected chi connectivity index (χ1v) is 6.39. The molecule has 2 rings (SSSR count). The van der Waals surface area contributed by atoms with Crippen LogP contribution in [0, 0.1) is 21.7 Å². The van der Waals surface area contributed by atoms with E-state index in [0.29, 0.717) is 10.0 Å². The van der Waals surface area contributed by atoms with Gasteiger partial charge < -0.3 is 5.32 Å². The van der Waals surface area contributed by atoms with Crippen molar-refractivity contribution in [1.82, 2.24) is 0 Å². The predicted molar refractivity (Wildman–Crippen MR) is 74.5 cm³/mol. The molecule has 0 aliphatic rings. The Bertz CT molecular complexity index is 665. The van der Waals surface area contributed by atoms with E-state index >= 15 is 0 Å². The molecule has 0 saturated heterocycles. The lowest BCUT2D eigenvalue weighted by Crippen LogP contribution is -2.05. The van der Waals surface area contributed by atoms with E-state index in [1.807, 2.05) is 0 Å². The summed E-state index contributed by atoms with van der Waals surface area (Å²) >= 11 is 3.18. The zero-order chi connectivity index (χ0) is 14.7. The van der Waals surface area contributed by atoms with Gasteiger partial charge in [-0.05, 0) is 23.8 Å². The Kier molecular flexibility index (Phi) is 4.29. The van der Waals surface area contributed by atoms with Gasteiger partial charge in [-0.25, -0.2) is 8.78 Å². The maximum atomic E-state index is 13.6. The number of benzene rings is 2. The first-order chi connectivity index (χ1) is 9.49. The van der Waals surface area contributed by atoms with Crippen LogP contribution in [0.3, 0.4) is 0 Å². The summed E-state index contributed by atoms with van der Waals surface area (Å²) in [7, 11) is 0. The molecule has 0 saturated carbocycles. The van der Waals surface area contributed by atoms with Gasteiger partial charge in [-0.2, -0.15) is 0 Å². The van der Waals surface area contributed by atoms with Gasteiger partial charge in [0.2, 0.25) is 0 Å². The molecule has 20 heavy (non-hydrogen) atoms. The van der Waals surface area contributed by atoms with E-state index in [1.165, 1.54) is 30.3 Å². The van der Waals surface area contributed by atoms with E-state index in [9.17, 15) is 18.9 Å². The van der Waals surface area contributed by atoms with Gasteiger partial charge in [0.25, 0.3) is 5.69 Å². The maximum absolute atomic E-state index is 13.6.